The number of nitrogens with zero attached hydrogens (tertiary/aromatic N) is 4. The molecular weight excluding hydrogens is 550 g/mol. The van der Waals surface area contributed by atoms with Crippen LogP contribution < -0.4 is 29.7 Å². The summed E-state index contributed by atoms with van der Waals surface area (Å²) in [6.07, 6.45) is 1.63. The van der Waals surface area contributed by atoms with Crippen LogP contribution in [0.5, 0.6) is 17.2 Å². The van der Waals surface area contributed by atoms with Crippen LogP contribution in [0.1, 0.15) is 26.3 Å². The van der Waals surface area contributed by atoms with E-state index in [0.29, 0.717) is 23.6 Å². The van der Waals surface area contributed by atoms with E-state index in [9.17, 15) is 13.8 Å². The Labute approximate surface area is 228 Å². The second kappa shape index (κ2) is 11.2. The second-order valence-corrected chi connectivity index (χ2v) is 10.2. The number of nitrogens with one attached hydrogen (secondary N) is 2. The van der Waals surface area contributed by atoms with Crippen molar-refractivity contribution in [2.75, 3.05) is 36.5 Å². The first-order valence-electron chi connectivity index (χ1n) is 11.9. The van der Waals surface area contributed by atoms with Crippen molar-refractivity contribution >= 4 is 42.8 Å². The molecule has 0 saturated heterocycles. The minimum absolute atomic E-state index is 0.0546. The van der Waals surface area contributed by atoms with Gasteiger partial charge in [-0.1, -0.05) is 6.92 Å². The molecule has 3 aromatic rings. The molecule has 4 rings (SSSR count). The SMILES string of the molecule is CCc1cc(Nc2ncc(F)c(Nc3ccc4c(n3)N(COP(=O)(O)O)C(=O)C(C)(C)O4)n2)cc(OC)c1OC. The van der Waals surface area contributed by atoms with Gasteiger partial charge in [0, 0.05) is 11.8 Å². The van der Waals surface area contributed by atoms with Crippen LogP contribution in [-0.4, -0.2) is 57.2 Å². The number of halogens is 1. The number of methoxy groups -OCH3 is 2. The fourth-order valence-electron chi connectivity index (χ4n) is 3.91. The lowest BCUT2D eigenvalue weighted by molar-refractivity contribution is -0.133. The van der Waals surface area contributed by atoms with Gasteiger partial charge in [-0.3, -0.25) is 14.2 Å². The van der Waals surface area contributed by atoms with E-state index in [-0.39, 0.29) is 29.2 Å². The number of hydrogen-bond donors (Lipinski definition) is 4. The van der Waals surface area contributed by atoms with Gasteiger partial charge in [0.15, 0.2) is 40.3 Å². The summed E-state index contributed by atoms with van der Waals surface area (Å²) in [7, 11) is -1.84. The summed E-state index contributed by atoms with van der Waals surface area (Å²) >= 11 is 0. The Morgan fingerprint density at radius 2 is 1.90 bits per heavy atom. The number of ether oxygens (including phenoxy) is 3. The van der Waals surface area contributed by atoms with Crippen molar-refractivity contribution in [2.45, 2.75) is 32.8 Å². The third-order valence-electron chi connectivity index (χ3n) is 5.76. The second-order valence-electron chi connectivity index (χ2n) is 8.98. The number of benzene rings is 1. The smallest absolute Gasteiger partial charge is 0.471 e. The van der Waals surface area contributed by atoms with Gasteiger partial charge in [-0.15, -0.1) is 0 Å². The van der Waals surface area contributed by atoms with E-state index in [0.717, 1.165) is 16.7 Å². The molecule has 3 heterocycles. The average molecular weight is 578 g/mol. The summed E-state index contributed by atoms with van der Waals surface area (Å²) < 4.78 is 47.0. The molecule has 1 aliphatic heterocycles. The van der Waals surface area contributed by atoms with Crippen molar-refractivity contribution < 1.29 is 42.3 Å². The Morgan fingerprint density at radius 3 is 2.55 bits per heavy atom. The van der Waals surface area contributed by atoms with Crippen molar-refractivity contribution in [1.82, 2.24) is 15.0 Å². The van der Waals surface area contributed by atoms with Gasteiger partial charge in [-0.05, 0) is 44.0 Å². The number of carbonyl (C=O) groups excluding carboxylic acids is 1. The minimum Gasteiger partial charge on any atom is -0.493 e. The van der Waals surface area contributed by atoms with Crippen LogP contribution in [0.2, 0.25) is 0 Å². The number of aromatic nitrogens is 3. The topological polar surface area (TPSA) is 177 Å². The fourth-order valence-corrected chi connectivity index (χ4v) is 4.18. The first-order valence-corrected chi connectivity index (χ1v) is 13.4. The maximum atomic E-state index is 14.7. The number of hydrogen-bond acceptors (Lipinski definition) is 11. The Kier molecular flexibility index (Phi) is 8.12. The van der Waals surface area contributed by atoms with Gasteiger partial charge in [-0.2, -0.15) is 4.98 Å². The highest BCUT2D eigenvalue weighted by atomic mass is 31.2. The number of phosphoric ester groups is 1. The normalized spacial score (nSPS) is 14.3. The number of fused-ring (bicyclic) bond motifs is 1. The van der Waals surface area contributed by atoms with Crippen molar-refractivity contribution in [1.29, 1.82) is 0 Å². The zero-order valence-electron chi connectivity index (χ0n) is 22.3. The Hall–Kier alpha value is -4.04. The molecule has 16 heteroatoms. The molecule has 1 aliphatic rings. The number of pyridine rings is 1. The van der Waals surface area contributed by atoms with Crippen molar-refractivity contribution in [3.8, 4) is 17.2 Å². The predicted molar refractivity (Wildman–Crippen MR) is 142 cm³/mol. The van der Waals surface area contributed by atoms with Gasteiger partial charge in [0.25, 0.3) is 5.91 Å². The number of anilines is 5. The van der Waals surface area contributed by atoms with Crippen LogP contribution >= 0.6 is 7.82 Å². The summed E-state index contributed by atoms with van der Waals surface area (Å²) in [4.78, 5) is 44.5. The van der Waals surface area contributed by atoms with Gasteiger partial charge < -0.3 is 34.6 Å². The third kappa shape index (κ3) is 6.23. The van der Waals surface area contributed by atoms with E-state index in [1.807, 2.05) is 13.0 Å². The molecule has 0 spiro atoms. The number of aryl methyl sites for hydroxylation is 1. The van der Waals surface area contributed by atoms with E-state index in [2.05, 4.69) is 30.1 Å². The molecule has 0 atom stereocenters. The van der Waals surface area contributed by atoms with Gasteiger partial charge in [0.2, 0.25) is 5.95 Å². The summed E-state index contributed by atoms with van der Waals surface area (Å²) in [5, 5.41) is 5.74. The zero-order chi connectivity index (χ0) is 29.2. The van der Waals surface area contributed by atoms with E-state index < -0.39 is 31.9 Å². The summed E-state index contributed by atoms with van der Waals surface area (Å²) in [6.45, 7) is 4.14. The molecule has 0 bridgehead atoms. The van der Waals surface area contributed by atoms with E-state index in [1.165, 1.54) is 33.1 Å². The molecular formula is C24H28FN6O8P. The Bertz CT molecular complexity index is 1460. The van der Waals surface area contributed by atoms with Crippen LogP contribution in [0.4, 0.5) is 33.5 Å². The zero-order valence-corrected chi connectivity index (χ0v) is 23.2. The molecule has 1 amide bonds. The largest absolute Gasteiger partial charge is 0.493 e. The van der Waals surface area contributed by atoms with Gasteiger partial charge in [-0.25, -0.2) is 18.9 Å². The Morgan fingerprint density at radius 1 is 1.15 bits per heavy atom. The lowest BCUT2D eigenvalue weighted by Crippen LogP contribution is -2.53. The molecule has 40 heavy (non-hydrogen) atoms. The van der Waals surface area contributed by atoms with E-state index in [4.69, 9.17) is 24.0 Å². The third-order valence-corrected chi connectivity index (χ3v) is 6.21. The quantitative estimate of drug-likeness (QED) is 0.257. The van der Waals surface area contributed by atoms with Crippen LogP contribution in [0.15, 0.2) is 30.5 Å². The monoisotopic (exact) mass is 578 g/mol. The van der Waals surface area contributed by atoms with E-state index >= 15 is 0 Å². The average Bonchev–Trinajstić information content (AvgIpc) is 2.89. The molecule has 0 fully saturated rings. The molecule has 2 aromatic heterocycles. The minimum atomic E-state index is -4.90. The van der Waals surface area contributed by atoms with Gasteiger partial charge in [0.05, 0.1) is 20.4 Å². The molecule has 0 saturated carbocycles. The maximum Gasteiger partial charge on any atom is 0.471 e. The lowest BCUT2D eigenvalue weighted by atomic mass is 10.1. The van der Waals surface area contributed by atoms with Crippen molar-refractivity contribution in [3.05, 3.63) is 41.8 Å². The molecule has 214 valence electrons. The molecule has 0 aliphatic carbocycles. The molecule has 0 radical (unpaired) electrons. The standard InChI is InChI=1S/C24H28FN6O8P/c1-6-13-9-14(10-17(36-4)19(13)37-5)27-23-26-11-15(25)20(30-23)28-18-8-7-16-21(29-18)31(12-38-40(33,34)35)22(32)24(2,3)39-16/h7-11H,6,12H2,1-5H3,(H2,33,34,35)(H2,26,27,28,29,30). The van der Waals surface area contributed by atoms with E-state index in [1.54, 1.807) is 13.2 Å². The maximum absolute atomic E-state index is 14.7. The summed E-state index contributed by atoms with van der Waals surface area (Å²) in [6, 6.07) is 6.45. The highest BCUT2D eigenvalue weighted by Gasteiger charge is 2.42. The predicted octanol–water partition coefficient (Wildman–Crippen LogP) is 3.65. The number of amides is 1. The van der Waals surface area contributed by atoms with Crippen LogP contribution in [0, 0.1) is 5.82 Å². The highest BCUT2D eigenvalue weighted by Crippen LogP contribution is 2.41. The van der Waals surface area contributed by atoms with Crippen molar-refractivity contribution in [2.24, 2.45) is 0 Å². The van der Waals surface area contributed by atoms with Crippen molar-refractivity contribution in [3.63, 3.8) is 0 Å². The van der Waals surface area contributed by atoms with Gasteiger partial charge >= 0.3 is 7.82 Å². The number of phosphoric acid groups is 1. The molecule has 0 unspecified atom stereocenters. The van der Waals surface area contributed by atoms with Crippen LogP contribution in [0.25, 0.3) is 0 Å². The molecule has 4 N–H and O–H groups in total. The molecule has 1 aromatic carbocycles. The Balaban J connectivity index is 1.62. The summed E-state index contributed by atoms with van der Waals surface area (Å²) in [5.41, 5.74) is 0.0939. The first kappa shape index (κ1) is 29.0. The first-order chi connectivity index (χ1) is 18.8. The highest BCUT2D eigenvalue weighted by molar-refractivity contribution is 7.46. The van der Waals surface area contributed by atoms with Gasteiger partial charge in [0.1, 0.15) is 12.5 Å². The number of rotatable bonds is 10. The van der Waals surface area contributed by atoms with Crippen LogP contribution in [-0.2, 0) is 20.3 Å². The summed E-state index contributed by atoms with van der Waals surface area (Å²) in [5.74, 6) is -0.406. The molecule has 14 nitrogen and oxygen atoms in total. The fraction of sp³-hybridized carbons (Fsp3) is 0.333. The number of carbonyl (C=O) groups is 1. The lowest BCUT2D eigenvalue weighted by Gasteiger charge is -2.37. The van der Waals surface area contributed by atoms with Crippen LogP contribution in [0.3, 0.4) is 0 Å².